The second kappa shape index (κ2) is 7.38. The smallest absolute Gasteiger partial charge is 0.273 e. The van der Waals surface area contributed by atoms with E-state index >= 15 is 0 Å². The van der Waals surface area contributed by atoms with Crippen molar-refractivity contribution in [1.29, 1.82) is 0 Å². The summed E-state index contributed by atoms with van der Waals surface area (Å²) in [5.74, 6) is 1.10. The molecule has 0 unspecified atom stereocenters. The number of hydrogen-bond donors (Lipinski definition) is 3. The zero-order valence-electron chi connectivity index (χ0n) is 17.0. The molecule has 10 heteroatoms. The van der Waals surface area contributed by atoms with E-state index in [1.54, 1.807) is 6.07 Å². The van der Waals surface area contributed by atoms with Crippen LogP contribution < -0.4 is 20.7 Å². The highest BCUT2D eigenvalue weighted by molar-refractivity contribution is 6.00. The summed E-state index contributed by atoms with van der Waals surface area (Å²) >= 11 is 0. The van der Waals surface area contributed by atoms with E-state index < -0.39 is 5.91 Å². The van der Waals surface area contributed by atoms with Crippen LogP contribution in [0.1, 0.15) is 34.7 Å². The number of nitrogens with zero attached hydrogens (tertiary/aromatic N) is 3. The van der Waals surface area contributed by atoms with Gasteiger partial charge in [0.15, 0.2) is 17.3 Å². The van der Waals surface area contributed by atoms with Crippen LogP contribution in [0.25, 0.3) is 11.3 Å². The summed E-state index contributed by atoms with van der Waals surface area (Å²) in [5, 5.41) is 20.7. The fraction of sp³-hybridized carbons (Fsp3) is 0.286. The number of fused-ring (bicyclic) bond motifs is 3. The Bertz CT molecular complexity index is 1200. The molecule has 31 heavy (non-hydrogen) atoms. The van der Waals surface area contributed by atoms with Crippen molar-refractivity contribution in [3.05, 3.63) is 41.3 Å². The third kappa shape index (κ3) is 3.45. The minimum absolute atomic E-state index is 0.0199. The average molecular weight is 420 g/mol. The van der Waals surface area contributed by atoms with Crippen molar-refractivity contribution in [1.82, 2.24) is 20.7 Å². The van der Waals surface area contributed by atoms with Crippen LogP contribution in [-0.2, 0) is 11.4 Å². The molecule has 0 saturated heterocycles. The van der Waals surface area contributed by atoms with E-state index in [4.69, 9.17) is 9.26 Å². The number of benzene rings is 1. The first-order chi connectivity index (χ1) is 15.0. The van der Waals surface area contributed by atoms with Gasteiger partial charge in [-0.2, -0.15) is 0 Å². The van der Waals surface area contributed by atoms with Crippen LogP contribution in [0.3, 0.4) is 0 Å². The molecule has 0 spiro atoms. The normalized spacial score (nSPS) is 14.1. The Morgan fingerprint density at radius 2 is 2.00 bits per heavy atom. The van der Waals surface area contributed by atoms with Gasteiger partial charge in [0.05, 0.1) is 16.9 Å². The summed E-state index contributed by atoms with van der Waals surface area (Å²) in [7, 11) is 1.51. The Balaban J connectivity index is 1.52. The first-order valence-electron chi connectivity index (χ1n) is 9.94. The lowest BCUT2D eigenvalue weighted by Gasteiger charge is -2.21. The van der Waals surface area contributed by atoms with Crippen LogP contribution in [0, 0.1) is 12.8 Å². The summed E-state index contributed by atoms with van der Waals surface area (Å²) in [6, 6.07) is 7.17. The minimum atomic E-state index is -0.407. The van der Waals surface area contributed by atoms with Gasteiger partial charge in [-0.25, -0.2) is 0 Å². The van der Waals surface area contributed by atoms with Gasteiger partial charge in [0.25, 0.3) is 5.91 Å². The number of rotatable bonds is 5. The molecule has 2 aliphatic rings. The van der Waals surface area contributed by atoms with Crippen molar-refractivity contribution in [3.8, 4) is 17.0 Å². The lowest BCUT2D eigenvalue weighted by molar-refractivity contribution is -0.117. The standard InChI is InChI=1S/C21H20N6O4/c1-10-13-9-30-19-12(17(13)27-31-10)4-3-5-14(19)23-15-8-16(24-20(28)11-6-7-11)25-26-18(15)21(29)22-2/h3-5,8,11H,6-7,9H2,1-2H3,(H,22,29)(H2,23,24,25,28). The first-order valence-corrected chi connectivity index (χ1v) is 9.94. The molecule has 0 atom stereocenters. The van der Waals surface area contributed by atoms with Crippen molar-refractivity contribution in [2.45, 2.75) is 26.4 Å². The molecule has 5 rings (SSSR count). The van der Waals surface area contributed by atoms with E-state index in [1.165, 1.54) is 7.05 Å². The number of para-hydroxylation sites is 1. The quantitative estimate of drug-likeness (QED) is 0.574. The van der Waals surface area contributed by atoms with Crippen LogP contribution in [0.2, 0.25) is 0 Å². The van der Waals surface area contributed by atoms with E-state index in [0.29, 0.717) is 23.7 Å². The molecule has 1 fully saturated rings. The van der Waals surface area contributed by atoms with Crippen LogP contribution in [0.5, 0.6) is 5.75 Å². The molecule has 1 aromatic carbocycles. The molecular formula is C21H20N6O4. The zero-order valence-corrected chi connectivity index (χ0v) is 17.0. The molecule has 3 heterocycles. The highest BCUT2D eigenvalue weighted by Gasteiger charge is 2.30. The number of aryl methyl sites for hydroxylation is 1. The molecule has 2 amide bonds. The molecule has 1 aliphatic carbocycles. The van der Waals surface area contributed by atoms with Crippen LogP contribution in [0.4, 0.5) is 17.2 Å². The number of carbonyl (C=O) groups excluding carboxylic acids is 2. The monoisotopic (exact) mass is 420 g/mol. The molecule has 3 aromatic rings. The van der Waals surface area contributed by atoms with Gasteiger partial charge in [-0.3, -0.25) is 9.59 Å². The molecule has 10 nitrogen and oxygen atoms in total. The number of nitrogens with one attached hydrogen (secondary N) is 3. The maximum Gasteiger partial charge on any atom is 0.273 e. The van der Waals surface area contributed by atoms with E-state index in [-0.39, 0.29) is 23.3 Å². The molecule has 2 aromatic heterocycles. The summed E-state index contributed by atoms with van der Waals surface area (Å²) < 4.78 is 11.3. The number of aromatic nitrogens is 3. The second-order valence-corrected chi connectivity index (χ2v) is 7.50. The van der Waals surface area contributed by atoms with Gasteiger partial charge in [-0.05, 0) is 31.9 Å². The second-order valence-electron chi connectivity index (χ2n) is 7.50. The van der Waals surface area contributed by atoms with Crippen LogP contribution >= 0.6 is 0 Å². The van der Waals surface area contributed by atoms with Gasteiger partial charge in [-0.1, -0.05) is 11.2 Å². The van der Waals surface area contributed by atoms with Crippen molar-refractivity contribution in [3.63, 3.8) is 0 Å². The van der Waals surface area contributed by atoms with E-state index in [1.807, 2.05) is 25.1 Å². The number of hydrogen-bond acceptors (Lipinski definition) is 8. The molecular weight excluding hydrogens is 400 g/mol. The Labute approximate surface area is 177 Å². The van der Waals surface area contributed by atoms with Gasteiger partial charge in [0.2, 0.25) is 5.91 Å². The Hall–Kier alpha value is -3.95. The lowest BCUT2D eigenvalue weighted by Crippen LogP contribution is -2.22. The van der Waals surface area contributed by atoms with Crippen molar-refractivity contribution < 1.29 is 18.8 Å². The fourth-order valence-corrected chi connectivity index (χ4v) is 3.45. The molecule has 1 aliphatic heterocycles. The van der Waals surface area contributed by atoms with Gasteiger partial charge < -0.3 is 25.2 Å². The molecule has 0 radical (unpaired) electrons. The predicted octanol–water partition coefficient (Wildman–Crippen LogP) is 2.78. The fourth-order valence-electron chi connectivity index (χ4n) is 3.45. The van der Waals surface area contributed by atoms with Gasteiger partial charge in [0, 0.05) is 24.6 Å². The van der Waals surface area contributed by atoms with Crippen molar-refractivity contribution >= 4 is 29.0 Å². The maximum atomic E-state index is 12.3. The van der Waals surface area contributed by atoms with Crippen molar-refractivity contribution in [2.75, 3.05) is 17.7 Å². The number of carbonyl (C=O) groups is 2. The summed E-state index contributed by atoms with van der Waals surface area (Å²) in [4.78, 5) is 24.5. The van der Waals surface area contributed by atoms with Crippen LogP contribution in [0.15, 0.2) is 28.8 Å². The number of ether oxygens (including phenoxy) is 1. The molecule has 1 saturated carbocycles. The number of amides is 2. The topological polar surface area (TPSA) is 131 Å². The van der Waals surface area contributed by atoms with E-state index in [0.717, 1.165) is 35.4 Å². The Morgan fingerprint density at radius 3 is 2.77 bits per heavy atom. The third-order valence-electron chi connectivity index (χ3n) is 5.32. The van der Waals surface area contributed by atoms with Gasteiger partial charge in [-0.15, -0.1) is 10.2 Å². The molecule has 3 N–H and O–H groups in total. The highest BCUT2D eigenvalue weighted by atomic mass is 16.5. The number of anilines is 3. The lowest BCUT2D eigenvalue weighted by atomic mass is 10.0. The summed E-state index contributed by atoms with van der Waals surface area (Å²) in [6.45, 7) is 2.17. The SMILES string of the molecule is CNC(=O)c1nnc(NC(=O)C2CC2)cc1Nc1cccc2c1OCc1c-2noc1C. The summed E-state index contributed by atoms with van der Waals surface area (Å²) in [5.41, 5.74) is 3.54. The van der Waals surface area contributed by atoms with Gasteiger partial charge in [0.1, 0.15) is 18.1 Å². The highest BCUT2D eigenvalue weighted by Crippen LogP contribution is 2.43. The maximum absolute atomic E-state index is 12.3. The molecule has 158 valence electrons. The predicted molar refractivity (Wildman–Crippen MR) is 111 cm³/mol. The van der Waals surface area contributed by atoms with Gasteiger partial charge >= 0.3 is 0 Å². The molecule has 0 bridgehead atoms. The Kier molecular flexibility index (Phi) is 4.54. The average Bonchev–Trinajstić information content (AvgIpc) is 3.56. The Morgan fingerprint density at radius 1 is 1.16 bits per heavy atom. The van der Waals surface area contributed by atoms with Crippen molar-refractivity contribution in [2.24, 2.45) is 5.92 Å². The first kappa shape index (κ1) is 19.0. The van der Waals surface area contributed by atoms with E-state index in [2.05, 4.69) is 31.3 Å². The van der Waals surface area contributed by atoms with E-state index in [9.17, 15) is 9.59 Å². The minimum Gasteiger partial charge on any atom is -0.486 e. The zero-order chi connectivity index (χ0) is 21.5. The van der Waals surface area contributed by atoms with Crippen LogP contribution in [-0.4, -0.2) is 34.2 Å². The third-order valence-corrected chi connectivity index (χ3v) is 5.32. The summed E-state index contributed by atoms with van der Waals surface area (Å²) in [6.07, 6.45) is 1.75. The largest absolute Gasteiger partial charge is 0.486 e.